The minimum atomic E-state index is -1.32. The molecule has 0 spiro atoms. The highest BCUT2D eigenvalue weighted by Gasteiger charge is 2.44. The summed E-state index contributed by atoms with van der Waals surface area (Å²) in [5.74, 6) is 0.504. The van der Waals surface area contributed by atoms with Gasteiger partial charge in [-0.05, 0) is 6.92 Å². The van der Waals surface area contributed by atoms with E-state index in [-0.39, 0.29) is 23.3 Å². The molecule has 2 aromatic rings. The molecule has 108 valence electrons. The number of aryl methyl sites for hydroxylation is 1. The monoisotopic (exact) mass is 282 g/mol. The SMILES string of the molecule is [2H]c1nc2c(N)nc(C)nc2n1[C@@H]1O[C@H](CO)[C@H](O)[C@H]1O. The van der Waals surface area contributed by atoms with Gasteiger partial charge in [-0.25, -0.2) is 15.0 Å². The first kappa shape index (κ1) is 12.0. The van der Waals surface area contributed by atoms with Crippen LogP contribution in [0, 0.1) is 6.92 Å². The second-order valence-electron chi connectivity index (χ2n) is 4.64. The first-order chi connectivity index (χ1) is 9.93. The molecular formula is C11H15N5O4. The Morgan fingerprint density at radius 2 is 2.20 bits per heavy atom. The summed E-state index contributed by atoms with van der Waals surface area (Å²) in [6.45, 7) is 1.18. The molecule has 0 bridgehead atoms. The number of imidazole rings is 1. The predicted molar refractivity (Wildman–Crippen MR) is 67.5 cm³/mol. The maximum atomic E-state index is 10.1. The van der Waals surface area contributed by atoms with E-state index in [4.69, 9.17) is 16.9 Å². The molecular weight excluding hydrogens is 266 g/mol. The number of nitrogen functional groups attached to an aromatic ring is 1. The van der Waals surface area contributed by atoms with Crippen LogP contribution < -0.4 is 5.73 Å². The average Bonchev–Trinajstić information content (AvgIpc) is 2.89. The van der Waals surface area contributed by atoms with Crippen LogP contribution in [0.5, 0.6) is 0 Å². The quantitative estimate of drug-likeness (QED) is 0.512. The van der Waals surface area contributed by atoms with Crippen LogP contribution in [0.1, 0.15) is 13.4 Å². The van der Waals surface area contributed by atoms with Crippen molar-refractivity contribution in [1.82, 2.24) is 19.5 Å². The van der Waals surface area contributed by atoms with Gasteiger partial charge in [-0.1, -0.05) is 0 Å². The maximum absolute atomic E-state index is 10.1. The molecule has 1 aliphatic heterocycles. The lowest BCUT2D eigenvalue weighted by Crippen LogP contribution is -2.33. The number of rotatable bonds is 2. The highest BCUT2D eigenvalue weighted by molar-refractivity contribution is 5.81. The van der Waals surface area contributed by atoms with Crippen LogP contribution in [0.2, 0.25) is 0 Å². The molecule has 2 aromatic heterocycles. The molecule has 20 heavy (non-hydrogen) atoms. The Morgan fingerprint density at radius 1 is 1.45 bits per heavy atom. The zero-order valence-corrected chi connectivity index (χ0v) is 10.6. The number of hydrogen-bond donors (Lipinski definition) is 4. The maximum Gasteiger partial charge on any atom is 0.167 e. The van der Waals surface area contributed by atoms with E-state index >= 15 is 0 Å². The highest BCUT2D eigenvalue weighted by Crippen LogP contribution is 2.31. The smallest absolute Gasteiger partial charge is 0.167 e. The minimum absolute atomic E-state index is 0.122. The first-order valence-corrected chi connectivity index (χ1v) is 6.05. The van der Waals surface area contributed by atoms with Crippen LogP contribution in [-0.2, 0) is 4.74 Å². The second kappa shape index (κ2) is 4.63. The normalized spacial score (nSPS) is 30.9. The summed E-state index contributed by atoms with van der Waals surface area (Å²) in [6.07, 6.45) is -4.84. The zero-order chi connectivity index (χ0) is 15.3. The molecule has 1 fully saturated rings. The topological polar surface area (TPSA) is 140 Å². The van der Waals surface area contributed by atoms with E-state index in [1.807, 2.05) is 0 Å². The molecule has 0 aliphatic carbocycles. The summed E-state index contributed by atoms with van der Waals surface area (Å²) in [7, 11) is 0. The number of nitrogens with zero attached hydrogens (tertiary/aromatic N) is 4. The molecule has 0 radical (unpaired) electrons. The van der Waals surface area contributed by atoms with Crippen molar-refractivity contribution < 1.29 is 21.4 Å². The lowest BCUT2D eigenvalue weighted by molar-refractivity contribution is -0.0511. The molecule has 9 nitrogen and oxygen atoms in total. The van der Waals surface area contributed by atoms with Crippen molar-refractivity contribution >= 4 is 17.0 Å². The number of fused-ring (bicyclic) bond motifs is 1. The van der Waals surface area contributed by atoms with Crippen LogP contribution in [0.3, 0.4) is 0 Å². The van der Waals surface area contributed by atoms with Crippen molar-refractivity contribution in [2.24, 2.45) is 0 Å². The van der Waals surface area contributed by atoms with Gasteiger partial charge in [-0.15, -0.1) is 0 Å². The van der Waals surface area contributed by atoms with Crippen molar-refractivity contribution in [3.05, 3.63) is 12.1 Å². The summed E-state index contributed by atoms with van der Waals surface area (Å²) in [5.41, 5.74) is 6.21. The molecule has 0 unspecified atom stereocenters. The van der Waals surface area contributed by atoms with Crippen LogP contribution >= 0.6 is 0 Å². The molecule has 9 heteroatoms. The van der Waals surface area contributed by atoms with Gasteiger partial charge in [0.05, 0.1) is 12.9 Å². The molecule has 3 rings (SSSR count). The molecule has 5 N–H and O–H groups in total. The standard InChI is InChI=1S/C11H15N5O4/c1-4-14-9(12)6-10(15-4)16(3-13-6)11-8(19)7(18)5(2-17)20-11/h3,5,7-8,11,17-19H,2H2,1H3,(H2,12,14,15)/t5-,7+,8-,11-/m1/s1/i3D. The largest absolute Gasteiger partial charge is 0.394 e. The molecule has 0 saturated carbocycles. The van der Waals surface area contributed by atoms with Gasteiger partial charge in [-0.3, -0.25) is 4.57 Å². The second-order valence-corrected chi connectivity index (χ2v) is 4.64. The molecule has 0 aromatic carbocycles. The fraction of sp³-hybridized carbons (Fsp3) is 0.545. The van der Waals surface area contributed by atoms with Gasteiger partial charge in [0.1, 0.15) is 31.0 Å². The summed E-state index contributed by atoms with van der Waals surface area (Å²) in [5, 5.41) is 29.0. The average molecular weight is 282 g/mol. The number of nitrogens with two attached hydrogens (primary N) is 1. The van der Waals surface area contributed by atoms with E-state index in [2.05, 4.69) is 15.0 Å². The minimum Gasteiger partial charge on any atom is -0.394 e. The van der Waals surface area contributed by atoms with Crippen LogP contribution in [-0.4, -0.2) is 59.8 Å². The van der Waals surface area contributed by atoms with E-state index in [1.165, 1.54) is 4.57 Å². The molecule has 0 amide bonds. The Bertz CT molecular complexity index is 693. The molecule has 3 heterocycles. The summed E-state index contributed by atoms with van der Waals surface area (Å²) < 4.78 is 14.5. The first-order valence-electron chi connectivity index (χ1n) is 6.55. The summed E-state index contributed by atoms with van der Waals surface area (Å²) in [6, 6.07) is 0. The Balaban J connectivity index is 2.15. The number of hydrogen-bond acceptors (Lipinski definition) is 8. The lowest BCUT2D eigenvalue weighted by Gasteiger charge is -2.16. The fourth-order valence-corrected chi connectivity index (χ4v) is 2.27. The molecule has 1 aliphatic rings. The van der Waals surface area contributed by atoms with Gasteiger partial charge in [0.25, 0.3) is 0 Å². The number of aliphatic hydroxyl groups excluding tert-OH is 3. The zero-order valence-electron chi connectivity index (χ0n) is 11.6. The van der Waals surface area contributed by atoms with Crippen molar-refractivity contribution in [3.63, 3.8) is 0 Å². The Labute approximate surface area is 115 Å². The van der Waals surface area contributed by atoms with Crippen molar-refractivity contribution in [2.45, 2.75) is 31.5 Å². The van der Waals surface area contributed by atoms with Crippen LogP contribution in [0.4, 0.5) is 5.82 Å². The molecule has 4 atom stereocenters. The third kappa shape index (κ3) is 1.83. The van der Waals surface area contributed by atoms with Crippen LogP contribution in [0.25, 0.3) is 11.2 Å². The molecule has 1 saturated heterocycles. The van der Waals surface area contributed by atoms with Gasteiger partial charge in [0.15, 0.2) is 17.7 Å². The Morgan fingerprint density at radius 3 is 2.85 bits per heavy atom. The van der Waals surface area contributed by atoms with Gasteiger partial charge < -0.3 is 25.8 Å². The summed E-state index contributed by atoms with van der Waals surface area (Å²) >= 11 is 0. The van der Waals surface area contributed by atoms with Crippen LogP contribution in [0.15, 0.2) is 6.30 Å². The third-order valence-electron chi connectivity index (χ3n) is 3.27. The fourth-order valence-electron chi connectivity index (χ4n) is 2.27. The lowest BCUT2D eigenvalue weighted by atomic mass is 10.1. The van der Waals surface area contributed by atoms with E-state index in [1.54, 1.807) is 6.92 Å². The van der Waals surface area contributed by atoms with Crippen molar-refractivity contribution in [1.29, 1.82) is 0 Å². The Hall–Kier alpha value is -1.81. The predicted octanol–water partition coefficient (Wildman–Crippen LogP) is -1.67. The number of aliphatic hydroxyl groups is 3. The number of anilines is 1. The van der Waals surface area contributed by atoms with E-state index < -0.39 is 31.1 Å². The number of ether oxygens (including phenoxy) is 1. The van der Waals surface area contributed by atoms with Crippen molar-refractivity contribution in [2.75, 3.05) is 12.3 Å². The van der Waals surface area contributed by atoms with Crippen molar-refractivity contribution in [3.8, 4) is 0 Å². The number of aromatic nitrogens is 4. The van der Waals surface area contributed by atoms with E-state index in [0.717, 1.165) is 0 Å². The van der Waals surface area contributed by atoms with Gasteiger partial charge >= 0.3 is 0 Å². The van der Waals surface area contributed by atoms with Gasteiger partial charge in [-0.2, -0.15) is 0 Å². The van der Waals surface area contributed by atoms with E-state index in [0.29, 0.717) is 5.82 Å². The third-order valence-corrected chi connectivity index (χ3v) is 3.27. The summed E-state index contributed by atoms with van der Waals surface area (Å²) in [4.78, 5) is 12.1. The Kier molecular flexibility index (Phi) is 2.77. The van der Waals surface area contributed by atoms with Gasteiger partial charge in [0, 0.05) is 0 Å². The van der Waals surface area contributed by atoms with Gasteiger partial charge in [0.2, 0.25) is 0 Å². The highest BCUT2D eigenvalue weighted by atomic mass is 16.6. The van der Waals surface area contributed by atoms with E-state index in [9.17, 15) is 10.2 Å².